The molecule has 4 atom stereocenters. The molecule has 5 nitrogen and oxygen atoms in total. The van der Waals surface area contributed by atoms with Crippen LogP contribution in [0.2, 0.25) is 0 Å². The molecule has 1 aliphatic carbocycles. The smallest absolute Gasteiger partial charge is 0.232 e. The van der Waals surface area contributed by atoms with Gasteiger partial charge in [-0.25, -0.2) is 4.99 Å². The molecule has 0 unspecified atom stereocenters. The molecule has 2 aromatic rings. The normalized spacial score (nSPS) is 37.1. The number of nitrogens with zero attached hydrogens (tertiary/aromatic N) is 1. The summed E-state index contributed by atoms with van der Waals surface area (Å²) in [7, 11) is 0. The van der Waals surface area contributed by atoms with E-state index < -0.39 is 16.2 Å². The SMILES string of the molecule is CC1(C2=N[C@@H](c3ccccc3)[C@H](c3ccccc3)O2)C[C@@]2(C)C[C@](C)(C1)C(=O)NC2=O. The summed E-state index contributed by atoms with van der Waals surface area (Å²) in [6.45, 7) is 6.02. The largest absolute Gasteiger partial charge is 0.470 e. The van der Waals surface area contributed by atoms with E-state index >= 15 is 0 Å². The minimum Gasteiger partial charge on any atom is -0.470 e. The molecule has 2 fully saturated rings. The number of benzene rings is 2. The Labute approximate surface area is 182 Å². The van der Waals surface area contributed by atoms with Crippen molar-refractivity contribution in [2.75, 3.05) is 0 Å². The predicted molar refractivity (Wildman–Crippen MR) is 118 cm³/mol. The quantitative estimate of drug-likeness (QED) is 0.734. The second kappa shape index (κ2) is 6.78. The van der Waals surface area contributed by atoms with E-state index in [0.29, 0.717) is 25.2 Å². The molecule has 1 N–H and O–H groups in total. The zero-order valence-corrected chi connectivity index (χ0v) is 18.2. The number of fused-ring (bicyclic) bond motifs is 2. The third kappa shape index (κ3) is 3.18. The van der Waals surface area contributed by atoms with Crippen LogP contribution in [0.5, 0.6) is 0 Å². The molecule has 2 amide bonds. The fraction of sp³-hybridized carbons (Fsp3) is 0.423. The lowest BCUT2D eigenvalue weighted by atomic mass is 9.52. The van der Waals surface area contributed by atoms with Gasteiger partial charge in [0.05, 0.1) is 0 Å². The van der Waals surface area contributed by atoms with Gasteiger partial charge in [-0.15, -0.1) is 0 Å². The van der Waals surface area contributed by atoms with Crippen LogP contribution in [0.4, 0.5) is 0 Å². The van der Waals surface area contributed by atoms with Crippen molar-refractivity contribution in [2.45, 2.75) is 52.2 Å². The van der Waals surface area contributed by atoms with Crippen molar-refractivity contribution in [3.63, 3.8) is 0 Å². The van der Waals surface area contributed by atoms with Crippen LogP contribution in [0.15, 0.2) is 65.7 Å². The average Bonchev–Trinajstić information content (AvgIpc) is 3.20. The number of carbonyl (C=O) groups is 2. The standard InChI is InChI=1S/C26H28N2O3/c1-24-14-25(2,22(30)28-21(24)29)16-26(3,15-24)23-27-19(17-10-6-4-7-11-17)20(31-23)18-12-8-5-9-13-18/h4-13,19-20H,14-16H2,1-3H3,(H,28,29,30)/t19-,20-,24+,25+/m0/s1. The lowest BCUT2D eigenvalue weighted by Crippen LogP contribution is -2.62. The van der Waals surface area contributed by atoms with Gasteiger partial charge in [0.15, 0.2) is 12.0 Å². The molecule has 2 bridgehead atoms. The monoisotopic (exact) mass is 416 g/mol. The fourth-order valence-corrected chi connectivity index (χ4v) is 6.15. The highest BCUT2D eigenvalue weighted by atomic mass is 16.5. The molecule has 0 aromatic heterocycles. The number of amides is 2. The van der Waals surface area contributed by atoms with E-state index in [1.54, 1.807) is 0 Å². The van der Waals surface area contributed by atoms with Crippen molar-refractivity contribution in [1.29, 1.82) is 0 Å². The van der Waals surface area contributed by atoms with Crippen LogP contribution in [-0.4, -0.2) is 17.7 Å². The van der Waals surface area contributed by atoms with Gasteiger partial charge in [0, 0.05) is 16.2 Å². The zero-order valence-electron chi connectivity index (χ0n) is 18.2. The van der Waals surface area contributed by atoms with Gasteiger partial charge in [0.1, 0.15) is 6.04 Å². The molecular weight excluding hydrogens is 388 g/mol. The Balaban J connectivity index is 1.56. The Bertz CT molecular complexity index is 1040. The maximum atomic E-state index is 12.7. The Morgan fingerprint density at radius 3 is 1.81 bits per heavy atom. The molecule has 2 heterocycles. The maximum Gasteiger partial charge on any atom is 0.232 e. The van der Waals surface area contributed by atoms with Gasteiger partial charge in [-0.2, -0.15) is 0 Å². The van der Waals surface area contributed by atoms with Gasteiger partial charge >= 0.3 is 0 Å². The van der Waals surface area contributed by atoms with E-state index in [-0.39, 0.29) is 24.0 Å². The van der Waals surface area contributed by atoms with Gasteiger partial charge < -0.3 is 4.74 Å². The van der Waals surface area contributed by atoms with Crippen molar-refractivity contribution in [2.24, 2.45) is 21.2 Å². The van der Waals surface area contributed by atoms with E-state index in [1.165, 1.54) is 0 Å². The summed E-state index contributed by atoms with van der Waals surface area (Å²) in [5.74, 6) is 0.298. The molecule has 2 aromatic carbocycles. The zero-order chi connectivity index (χ0) is 21.9. The summed E-state index contributed by atoms with van der Waals surface area (Å²) in [5.41, 5.74) is 0.438. The number of hydrogen-bond donors (Lipinski definition) is 1. The summed E-state index contributed by atoms with van der Waals surface area (Å²) in [4.78, 5) is 30.6. The van der Waals surface area contributed by atoms with Crippen LogP contribution in [0.25, 0.3) is 0 Å². The van der Waals surface area contributed by atoms with Crippen molar-refractivity contribution >= 4 is 17.7 Å². The molecule has 5 heteroatoms. The summed E-state index contributed by atoms with van der Waals surface area (Å²) < 4.78 is 6.59. The van der Waals surface area contributed by atoms with Crippen molar-refractivity contribution in [3.05, 3.63) is 71.8 Å². The molecule has 0 spiro atoms. The van der Waals surface area contributed by atoms with E-state index in [0.717, 1.165) is 11.1 Å². The number of aliphatic imine (C=N–C) groups is 1. The Morgan fingerprint density at radius 2 is 1.26 bits per heavy atom. The van der Waals surface area contributed by atoms with E-state index in [1.807, 2.05) is 50.2 Å². The van der Waals surface area contributed by atoms with Gasteiger partial charge in [0.2, 0.25) is 11.8 Å². The van der Waals surface area contributed by atoms with Crippen LogP contribution < -0.4 is 5.32 Å². The molecule has 2 aliphatic heterocycles. The van der Waals surface area contributed by atoms with Crippen LogP contribution in [0.1, 0.15) is 63.3 Å². The first-order chi connectivity index (χ1) is 14.7. The summed E-state index contributed by atoms with van der Waals surface area (Å²) in [6.07, 6.45) is 1.55. The summed E-state index contributed by atoms with van der Waals surface area (Å²) in [5, 5.41) is 2.60. The highest BCUT2D eigenvalue weighted by molar-refractivity contribution is 6.04. The van der Waals surface area contributed by atoms with E-state index in [4.69, 9.17) is 9.73 Å². The van der Waals surface area contributed by atoms with Crippen LogP contribution in [0, 0.1) is 16.2 Å². The third-order valence-electron chi connectivity index (χ3n) is 7.23. The molecule has 5 rings (SSSR count). The van der Waals surface area contributed by atoms with Gasteiger partial charge in [-0.05, 0) is 30.4 Å². The van der Waals surface area contributed by atoms with Crippen molar-refractivity contribution in [1.82, 2.24) is 5.32 Å². The van der Waals surface area contributed by atoms with Gasteiger partial charge in [0.25, 0.3) is 0 Å². The fourth-order valence-electron chi connectivity index (χ4n) is 6.15. The number of ether oxygens (including phenoxy) is 1. The number of piperidine rings is 1. The molecule has 160 valence electrons. The van der Waals surface area contributed by atoms with E-state index in [2.05, 4.69) is 36.5 Å². The first-order valence-electron chi connectivity index (χ1n) is 10.9. The van der Waals surface area contributed by atoms with E-state index in [9.17, 15) is 9.59 Å². The molecule has 1 saturated heterocycles. The first-order valence-corrected chi connectivity index (χ1v) is 10.9. The minimum atomic E-state index is -0.616. The molecule has 1 saturated carbocycles. The number of rotatable bonds is 3. The van der Waals surface area contributed by atoms with Crippen LogP contribution in [-0.2, 0) is 14.3 Å². The first kappa shape index (κ1) is 20.0. The Hall–Kier alpha value is -2.95. The number of carbonyl (C=O) groups excluding carboxylic acids is 2. The topological polar surface area (TPSA) is 67.8 Å². The van der Waals surface area contributed by atoms with Gasteiger partial charge in [-0.1, -0.05) is 81.4 Å². The lowest BCUT2D eigenvalue weighted by molar-refractivity contribution is -0.158. The number of hydrogen-bond acceptors (Lipinski definition) is 4. The number of imide groups is 1. The van der Waals surface area contributed by atoms with Crippen LogP contribution >= 0.6 is 0 Å². The maximum absolute atomic E-state index is 12.7. The molecule has 31 heavy (non-hydrogen) atoms. The minimum absolute atomic E-state index is 0.165. The summed E-state index contributed by atoms with van der Waals surface area (Å²) >= 11 is 0. The second-order valence-electron chi connectivity index (χ2n) is 10.2. The van der Waals surface area contributed by atoms with Gasteiger partial charge in [-0.3, -0.25) is 14.9 Å². The lowest BCUT2D eigenvalue weighted by Gasteiger charge is -2.53. The Kier molecular flexibility index (Phi) is 4.37. The molecule has 0 radical (unpaired) electrons. The average molecular weight is 417 g/mol. The van der Waals surface area contributed by atoms with Crippen molar-refractivity contribution < 1.29 is 14.3 Å². The van der Waals surface area contributed by atoms with Crippen molar-refractivity contribution in [3.8, 4) is 0 Å². The predicted octanol–water partition coefficient (Wildman–Crippen LogP) is 4.76. The Morgan fingerprint density at radius 1 is 0.774 bits per heavy atom. The van der Waals surface area contributed by atoms with Crippen LogP contribution in [0.3, 0.4) is 0 Å². The third-order valence-corrected chi connectivity index (χ3v) is 7.23. The molecular formula is C26H28N2O3. The molecule has 3 aliphatic rings. The second-order valence-corrected chi connectivity index (χ2v) is 10.2. The highest BCUT2D eigenvalue weighted by Gasteiger charge is 2.61. The highest BCUT2D eigenvalue weighted by Crippen LogP contribution is 2.59. The summed E-state index contributed by atoms with van der Waals surface area (Å²) in [6, 6.07) is 20.2. The number of nitrogens with one attached hydrogen (secondary N) is 1.